The molecule has 3 aliphatic rings. The van der Waals surface area contributed by atoms with E-state index in [1.165, 1.54) is 18.2 Å². The maximum Gasteiger partial charge on any atom is 0.313 e. The van der Waals surface area contributed by atoms with Crippen LogP contribution in [0.25, 0.3) is 0 Å². The maximum atomic E-state index is 13.4. The summed E-state index contributed by atoms with van der Waals surface area (Å²) in [4.78, 5) is 26.7. The molecule has 0 aliphatic heterocycles. The molecule has 0 N–H and O–H groups in total. The molecule has 32 heavy (non-hydrogen) atoms. The largest absolute Gasteiger partial charge is 0.469 e. The van der Waals surface area contributed by atoms with Crippen molar-refractivity contribution < 1.29 is 14.3 Å². The molecule has 1 unspecified atom stereocenters. The quantitative estimate of drug-likeness (QED) is 0.502. The van der Waals surface area contributed by atoms with E-state index in [2.05, 4.69) is 54.6 Å². The number of ether oxygens (including phenoxy) is 1. The van der Waals surface area contributed by atoms with Gasteiger partial charge in [0.2, 0.25) is 0 Å². The Morgan fingerprint density at radius 1 is 0.906 bits per heavy atom. The number of fused-ring (bicyclic) bond motifs is 2. The zero-order valence-electron chi connectivity index (χ0n) is 18.2. The molecule has 0 radical (unpaired) electrons. The SMILES string of the molecule is COC(=O)[C@H]1c2ccccc2C23CC[C@@H](c4ccccc4)[C@H]1[C@H]2CC(=O)c1ccccc13. The average molecular weight is 423 g/mol. The maximum absolute atomic E-state index is 13.4. The van der Waals surface area contributed by atoms with Crippen LogP contribution < -0.4 is 0 Å². The van der Waals surface area contributed by atoms with E-state index in [9.17, 15) is 9.59 Å². The Hall–Kier alpha value is -3.20. The van der Waals surface area contributed by atoms with Crippen molar-refractivity contribution in [3.05, 3.63) is 107 Å². The zero-order chi connectivity index (χ0) is 21.9. The van der Waals surface area contributed by atoms with Crippen molar-refractivity contribution in [3.8, 4) is 0 Å². The summed E-state index contributed by atoms with van der Waals surface area (Å²) in [7, 11) is 1.48. The molecule has 5 atom stereocenters. The molecule has 6 rings (SSSR count). The molecule has 160 valence electrons. The summed E-state index contributed by atoms with van der Waals surface area (Å²) in [6.07, 6.45) is 2.44. The number of hydrogen-bond acceptors (Lipinski definition) is 3. The Morgan fingerprint density at radius 3 is 2.38 bits per heavy atom. The minimum atomic E-state index is -0.363. The second kappa shape index (κ2) is 7.16. The van der Waals surface area contributed by atoms with Gasteiger partial charge in [-0.05, 0) is 52.8 Å². The molecule has 3 heteroatoms. The van der Waals surface area contributed by atoms with Gasteiger partial charge in [-0.1, -0.05) is 78.9 Å². The van der Waals surface area contributed by atoms with Crippen LogP contribution in [0.2, 0.25) is 0 Å². The van der Waals surface area contributed by atoms with Crippen molar-refractivity contribution in [3.63, 3.8) is 0 Å². The standard InChI is InChI=1S/C29H26O3/c1-32-28(31)27-21-12-6-8-14-23(21)29-16-15-19(18-9-3-2-4-10-18)26(27)24(29)17-25(30)20-11-5-7-13-22(20)29/h2-14,19,24,26-27H,15-17H2,1H3/t19-,24+,26-,27-,29?/m0/s1. The molecule has 0 amide bonds. The fourth-order valence-electron chi connectivity index (χ4n) is 7.27. The first-order valence-electron chi connectivity index (χ1n) is 11.5. The summed E-state index contributed by atoms with van der Waals surface area (Å²) in [5.41, 5.74) is 5.31. The molecule has 3 nitrogen and oxygen atoms in total. The first kappa shape index (κ1) is 19.5. The molecule has 0 saturated heterocycles. The zero-order valence-corrected chi connectivity index (χ0v) is 18.2. The molecular formula is C29H26O3. The molecule has 2 bridgehead atoms. The summed E-state index contributed by atoms with van der Waals surface area (Å²) in [6.45, 7) is 0. The molecule has 0 heterocycles. The predicted molar refractivity (Wildman–Crippen MR) is 123 cm³/mol. The third-order valence-corrected chi connectivity index (χ3v) is 8.37. The lowest BCUT2D eigenvalue weighted by Crippen LogP contribution is -2.56. The number of rotatable bonds is 2. The highest BCUT2D eigenvalue weighted by Gasteiger charge is 2.62. The Bertz CT molecular complexity index is 1210. The number of benzene rings is 3. The lowest BCUT2D eigenvalue weighted by Gasteiger charge is -2.59. The summed E-state index contributed by atoms with van der Waals surface area (Å²) < 4.78 is 5.37. The Labute approximate surface area is 188 Å². The normalized spacial score (nSPS) is 30.0. The van der Waals surface area contributed by atoms with Crippen LogP contribution in [0.1, 0.15) is 63.7 Å². The third-order valence-electron chi connectivity index (χ3n) is 8.37. The van der Waals surface area contributed by atoms with E-state index in [-0.39, 0.29) is 40.8 Å². The molecule has 1 fully saturated rings. The molecule has 3 aromatic carbocycles. The molecule has 0 spiro atoms. The summed E-state index contributed by atoms with van der Waals surface area (Å²) >= 11 is 0. The van der Waals surface area contributed by atoms with Gasteiger partial charge in [0.05, 0.1) is 13.0 Å². The summed E-state index contributed by atoms with van der Waals surface area (Å²) in [5, 5.41) is 0. The summed E-state index contributed by atoms with van der Waals surface area (Å²) in [5.74, 6) is -0.0514. The van der Waals surface area contributed by atoms with Gasteiger partial charge in [-0.15, -0.1) is 0 Å². The van der Waals surface area contributed by atoms with Crippen LogP contribution in [-0.2, 0) is 14.9 Å². The highest BCUT2D eigenvalue weighted by Crippen LogP contribution is 2.66. The number of methoxy groups -OCH3 is 1. The third kappa shape index (κ3) is 2.48. The second-order valence-electron chi connectivity index (χ2n) is 9.47. The first-order valence-corrected chi connectivity index (χ1v) is 11.5. The van der Waals surface area contributed by atoms with Gasteiger partial charge in [-0.2, -0.15) is 0 Å². The van der Waals surface area contributed by atoms with Gasteiger partial charge >= 0.3 is 5.97 Å². The van der Waals surface area contributed by atoms with Crippen molar-refractivity contribution in [2.75, 3.05) is 7.11 Å². The van der Waals surface area contributed by atoms with E-state index in [0.717, 1.165) is 29.5 Å². The van der Waals surface area contributed by atoms with Crippen molar-refractivity contribution in [1.29, 1.82) is 0 Å². The van der Waals surface area contributed by atoms with E-state index in [1.54, 1.807) is 0 Å². The average Bonchev–Trinajstić information content (AvgIpc) is 2.85. The topological polar surface area (TPSA) is 43.4 Å². The Kier molecular flexibility index (Phi) is 4.36. The summed E-state index contributed by atoms with van der Waals surface area (Å²) in [6, 6.07) is 27.1. The molecule has 1 saturated carbocycles. The minimum absolute atomic E-state index is 0.0193. The second-order valence-corrected chi connectivity index (χ2v) is 9.47. The number of ketones is 1. The van der Waals surface area contributed by atoms with Gasteiger partial charge in [0.1, 0.15) is 0 Å². The Morgan fingerprint density at radius 2 is 1.59 bits per heavy atom. The van der Waals surface area contributed by atoms with Crippen LogP contribution >= 0.6 is 0 Å². The van der Waals surface area contributed by atoms with E-state index >= 15 is 0 Å². The van der Waals surface area contributed by atoms with E-state index in [1.807, 2.05) is 24.3 Å². The van der Waals surface area contributed by atoms with Gasteiger partial charge < -0.3 is 4.74 Å². The van der Waals surface area contributed by atoms with E-state index in [4.69, 9.17) is 4.74 Å². The number of carbonyl (C=O) groups excluding carboxylic acids is 2. The number of Topliss-reactive ketones (excluding diaryl/α,β-unsaturated/α-hetero) is 1. The molecular weight excluding hydrogens is 396 g/mol. The first-order chi connectivity index (χ1) is 15.7. The predicted octanol–water partition coefficient (Wildman–Crippen LogP) is 5.64. The monoisotopic (exact) mass is 422 g/mol. The molecule has 3 aromatic rings. The number of hydrogen-bond donors (Lipinski definition) is 0. The molecule has 3 aliphatic carbocycles. The van der Waals surface area contributed by atoms with Crippen LogP contribution in [0.5, 0.6) is 0 Å². The van der Waals surface area contributed by atoms with Crippen LogP contribution in [0, 0.1) is 11.8 Å². The van der Waals surface area contributed by atoms with Gasteiger partial charge in [0.15, 0.2) is 5.78 Å². The van der Waals surface area contributed by atoms with Gasteiger partial charge in [0.25, 0.3) is 0 Å². The Balaban J connectivity index is 1.66. The lowest BCUT2D eigenvalue weighted by atomic mass is 9.42. The van der Waals surface area contributed by atoms with Crippen molar-refractivity contribution in [1.82, 2.24) is 0 Å². The highest BCUT2D eigenvalue weighted by molar-refractivity contribution is 6.00. The van der Waals surface area contributed by atoms with Crippen molar-refractivity contribution in [2.24, 2.45) is 11.8 Å². The van der Waals surface area contributed by atoms with Gasteiger partial charge in [0, 0.05) is 17.4 Å². The van der Waals surface area contributed by atoms with E-state index < -0.39 is 0 Å². The van der Waals surface area contributed by atoms with Crippen LogP contribution in [0.3, 0.4) is 0 Å². The van der Waals surface area contributed by atoms with E-state index in [0.29, 0.717) is 6.42 Å². The molecule has 0 aromatic heterocycles. The minimum Gasteiger partial charge on any atom is -0.469 e. The van der Waals surface area contributed by atoms with Crippen LogP contribution in [0.4, 0.5) is 0 Å². The van der Waals surface area contributed by atoms with Crippen LogP contribution in [-0.4, -0.2) is 18.9 Å². The fourth-order valence-corrected chi connectivity index (χ4v) is 7.27. The van der Waals surface area contributed by atoms with Crippen molar-refractivity contribution in [2.45, 2.75) is 36.5 Å². The van der Waals surface area contributed by atoms with Crippen LogP contribution in [0.15, 0.2) is 78.9 Å². The van der Waals surface area contributed by atoms with Gasteiger partial charge in [-0.25, -0.2) is 0 Å². The highest BCUT2D eigenvalue weighted by atomic mass is 16.5. The van der Waals surface area contributed by atoms with Crippen molar-refractivity contribution >= 4 is 11.8 Å². The lowest BCUT2D eigenvalue weighted by molar-refractivity contribution is -0.146. The number of carbonyl (C=O) groups is 2. The smallest absolute Gasteiger partial charge is 0.313 e. The van der Waals surface area contributed by atoms with Gasteiger partial charge in [-0.3, -0.25) is 9.59 Å². The fraction of sp³-hybridized carbons (Fsp3) is 0.310. The number of esters is 1.